The third-order valence-electron chi connectivity index (χ3n) is 8.54. The number of hydrogen-bond donors (Lipinski definition) is 6. The first kappa shape index (κ1) is 28.8. The molecule has 2 aromatic rings. The first-order valence-electron chi connectivity index (χ1n) is 14.1. The number of fused-ring (bicyclic) bond motifs is 7. The van der Waals surface area contributed by atoms with Crippen molar-refractivity contribution in [3.8, 4) is 28.7 Å². The van der Waals surface area contributed by atoms with Gasteiger partial charge in [-0.1, -0.05) is 6.07 Å². The molecule has 3 aliphatic heterocycles. The summed E-state index contributed by atoms with van der Waals surface area (Å²) in [7, 11) is 1.89. The summed E-state index contributed by atoms with van der Waals surface area (Å²) in [5.41, 5.74) is 9.84. The van der Waals surface area contributed by atoms with Crippen LogP contribution in [0, 0.1) is 13.8 Å². The van der Waals surface area contributed by atoms with E-state index in [1.807, 2.05) is 31.9 Å². The number of aliphatic hydroxyl groups excluding tert-OH is 1. The minimum absolute atomic E-state index is 0.0104. The van der Waals surface area contributed by atoms with E-state index in [1.54, 1.807) is 31.7 Å². The maximum absolute atomic E-state index is 12.6. The van der Waals surface area contributed by atoms with Crippen molar-refractivity contribution in [1.82, 2.24) is 15.1 Å². The van der Waals surface area contributed by atoms with E-state index >= 15 is 0 Å². The van der Waals surface area contributed by atoms with Gasteiger partial charge in [-0.2, -0.15) is 0 Å². The number of piperazine rings is 1. The van der Waals surface area contributed by atoms with E-state index in [0.29, 0.717) is 46.7 Å². The van der Waals surface area contributed by atoms with Crippen molar-refractivity contribution in [2.75, 3.05) is 26.8 Å². The van der Waals surface area contributed by atoms with Crippen molar-refractivity contribution >= 4 is 12.0 Å². The van der Waals surface area contributed by atoms with Gasteiger partial charge in [0.15, 0.2) is 23.0 Å². The third kappa shape index (κ3) is 4.34. The van der Waals surface area contributed by atoms with E-state index in [9.17, 15) is 25.2 Å². The van der Waals surface area contributed by atoms with Crippen LogP contribution in [-0.4, -0.2) is 81.3 Å². The number of rotatable bonds is 7. The Morgan fingerprint density at radius 1 is 1.10 bits per heavy atom. The molecule has 0 radical (unpaired) electrons. The summed E-state index contributed by atoms with van der Waals surface area (Å²) in [5.74, 6) is -0.0421. The van der Waals surface area contributed by atoms with Gasteiger partial charge in [0.2, 0.25) is 5.91 Å². The number of aromatic hydroxyl groups is 3. The molecule has 0 aliphatic carbocycles. The molecule has 222 valence electrons. The average Bonchev–Trinajstić information content (AvgIpc) is 2.93. The molecule has 2 aromatic carbocycles. The molecule has 0 saturated carbocycles. The van der Waals surface area contributed by atoms with Gasteiger partial charge >= 0.3 is 0 Å². The minimum atomic E-state index is -1.05. The van der Waals surface area contributed by atoms with Gasteiger partial charge in [0.25, 0.3) is 0 Å². The molecule has 0 spiro atoms. The minimum Gasteiger partial charge on any atom is -0.507 e. The fourth-order valence-corrected chi connectivity index (χ4v) is 6.61. The molecule has 11 heteroatoms. The number of aryl methyl sites for hydroxylation is 1. The summed E-state index contributed by atoms with van der Waals surface area (Å²) in [4.78, 5) is 16.4. The van der Waals surface area contributed by atoms with E-state index in [1.165, 1.54) is 0 Å². The van der Waals surface area contributed by atoms with Crippen LogP contribution < -0.4 is 20.5 Å². The number of hydrogen-bond acceptors (Lipinski definition) is 10. The molecule has 1 amide bonds. The van der Waals surface area contributed by atoms with Crippen molar-refractivity contribution in [2.45, 2.75) is 71.4 Å². The molecule has 5 rings (SSSR count). The summed E-state index contributed by atoms with van der Waals surface area (Å²) < 4.78 is 11.5. The van der Waals surface area contributed by atoms with Crippen LogP contribution in [0.5, 0.6) is 28.7 Å². The van der Waals surface area contributed by atoms with Gasteiger partial charge < -0.3 is 45.9 Å². The fourth-order valence-electron chi connectivity index (χ4n) is 6.61. The van der Waals surface area contributed by atoms with Crippen LogP contribution in [0.1, 0.15) is 66.2 Å². The summed E-state index contributed by atoms with van der Waals surface area (Å²) in [6, 6.07) is -0.447. The molecule has 1 saturated heterocycles. The number of nitrogens with two attached hydrogens (primary N) is 1. The molecular weight excluding hydrogens is 528 g/mol. The largest absolute Gasteiger partial charge is 0.507 e. The predicted octanol–water partition coefficient (Wildman–Crippen LogP) is 2.31. The molecule has 7 N–H and O–H groups in total. The summed E-state index contributed by atoms with van der Waals surface area (Å²) in [5, 5.41) is 49.2. The number of amides is 1. The lowest BCUT2D eigenvalue weighted by Gasteiger charge is -2.57. The van der Waals surface area contributed by atoms with Crippen LogP contribution in [0.3, 0.4) is 0 Å². The SMILES string of the molecule is CCOc1c(C)cc2c(c1O)C1C3=Cc4c(O)c(C)c(OCC)c(O)c4C(CNC(=O)C(C)N)N3C(O)C(C2)N1C. The first-order chi connectivity index (χ1) is 19.4. The van der Waals surface area contributed by atoms with Crippen LogP contribution in [0.4, 0.5) is 0 Å². The number of phenolic OH excluding ortho intramolecular Hbond substituents is 3. The van der Waals surface area contributed by atoms with Crippen LogP contribution in [0.2, 0.25) is 0 Å². The number of nitrogens with one attached hydrogen (secondary N) is 1. The Bertz CT molecular complexity index is 1420. The van der Waals surface area contributed by atoms with E-state index < -0.39 is 30.3 Å². The van der Waals surface area contributed by atoms with Crippen molar-refractivity contribution in [3.63, 3.8) is 0 Å². The number of carbonyl (C=O) groups is 1. The summed E-state index contributed by atoms with van der Waals surface area (Å²) in [6.07, 6.45) is 1.15. The van der Waals surface area contributed by atoms with E-state index in [4.69, 9.17) is 15.2 Å². The average molecular weight is 569 g/mol. The topological polar surface area (TPSA) is 161 Å². The highest BCUT2D eigenvalue weighted by atomic mass is 16.5. The van der Waals surface area contributed by atoms with Gasteiger partial charge in [0.1, 0.15) is 12.0 Å². The Kier molecular flexibility index (Phi) is 7.47. The van der Waals surface area contributed by atoms with Gasteiger partial charge in [0, 0.05) is 34.5 Å². The monoisotopic (exact) mass is 568 g/mol. The van der Waals surface area contributed by atoms with Gasteiger partial charge in [-0.15, -0.1) is 0 Å². The standard InChI is InChI=1S/C30H40N4O7/c1-7-40-27-13(3)9-16-10-19-30(39)34-18(23(33(19)6)21(16)25(27)36)11-17-22(20(34)12-32-29(38)15(5)31)26(37)28(41-8-2)14(4)24(17)35/h9,11,15,19-20,23,30,35-37,39H,7-8,10,12,31H2,1-6H3,(H,32,38). The van der Waals surface area contributed by atoms with E-state index in [0.717, 1.165) is 11.1 Å². The zero-order chi connectivity index (χ0) is 29.9. The van der Waals surface area contributed by atoms with Crippen LogP contribution in [0.15, 0.2) is 11.8 Å². The Labute approximate surface area is 239 Å². The van der Waals surface area contributed by atoms with Crippen LogP contribution in [0.25, 0.3) is 6.08 Å². The highest BCUT2D eigenvalue weighted by Gasteiger charge is 2.52. The van der Waals surface area contributed by atoms with Crippen LogP contribution >= 0.6 is 0 Å². The molecule has 5 unspecified atom stereocenters. The normalized spacial score (nSPS) is 23.6. The Morgan fingerprint density at radius 2 is 1.73 bits per heavy atom. The Morgan fingerprint density at radius 3 is 2.37 bits per heavy atom. The molecule has 1 fully saturated rings. The highest BCUT2D eigenvalue weighted by Crippen LogP contribution is 2.57. The van der Waals surface area contributed by atoms with Crippen molar-refractivity contribution in [3.05, 3.63) is 45.1 Å². The number of ether oxygens (including phenoxy) is 2. The predicted molar refractivity (Wildman–Crippen MR) is 153 cm³/mol. The number of likely N-dealkylation sites (N-methyl/N-ethyl adjacent to an activating group) is 1. The van der Waals surface area contributed by atoms with Gasteiger partial charge in [-0.05, 0) is 65.3 Å². The van der Waals surface area contributed by atoms with Gasteiger partial charge in [-0.3, -0.25) is 9.69 Å². The molecule has 0 aromatic heterocycles. The van der Waals surface area contributed by atoms with E-state index in [2.05, 4.69) is 5.32 Å². The number of aliphatic hydroxyl groups is 1. The lowest BCUT2D eigenvalue weighted by molar-refractivity contribution is -0.124. The Balaban J connectivity index is 1.77. The maximum Gasteiger partial charge on any atom is 0.236 e. The first-order valence-corrected chi connectivity index (χ1v) is 14.1. The van der Waals surface area contributed by atoms with Crippen molar-refractivity contribution in [2.24, 2.45) is 5.73 Å². The zero-order valence-corrected chi connectivity index (χ0v) is 24.4. The molecule has 3 aliphatic rings. The quantitative estimate of drug-likeness (QED) is 0.274. The number of nitrogens with zero attached hydrogens (tertiary/aromatic N) is 2. The number of carbonyl (C=O) groups excluding carboxylic acids is 1. The lowest BCUT2D eigenvalue weighted by atomic mass is 9.77. The molecule has 5 atom stereocenters. The Hall–Kier alpha value is -3.67. The molecule has 41 heavy (non-hydrogen) atoms. The second-order valence-electron chi connectivity index (χ2n) is 11.1. The molecule has 3 heterocycles. The zero-order valence-electron chi connectivity index (χ0n) is 24.4. The number of phenols is 3. The van der Waals surface area contributed by atoms with Crippen molar-refractivity contribution < 1.29 is 34.7 Å². The molecule has 2 bridgehead atoms. The second kappa shape index (κ2) is 10.6. The highest BCUT2D eigenvalue weighted by molar-refractivity contribution is 5.81. The number of benzene rings is 2. The van der Waals surface area contributed by atoms with Gasteiger partial charge in [0.05, 0.1) is 37.4 Å². The fraction of sp³-hybridized carbons (Fsp3) is 0.500. The summed E-state index contributed by atoms with van der Waals surface area (Å²) in [6.45, 7) is 9.39. The summed E-state index contributed by atoms with van der Waals surface area (Å²) >= 11 is 0. The second-order valence-corrected chi connectivity index (χ2v) is 11.1. The third-order valence-corrected chi connectivity index (χ3v) is 8.54. The smallest absolute Gasteiger partial charge is 0.236 e. The molecule has 11 nitrogen and oxygen atoms in total. The van der Waals surface area contributed by atoms with Crippen molar-refractivity contribution in [1.29, 1.82) is 0 Å². The lowest BCUT2D eigenvalue weighted by Crippen LogP contribution is -2.63. The maximum atomic E-state index is 12.6. The van der Waals surface area contributed by atoms with Gasteiger partial charge in [-0.25, -0.2) is 0 Å². The molecular formula is C30H40N4O7. The van der Waals surface area contributed by atoms with Crippen LogP contribution in [-0.2, 0) is 11.2 Å². The van der Waals surface area contributed by atoms with E-state index in [-0.39, 0.29) is 42.2 Å².